The fraction of sp³-hybridized carbons (Fsp3) is 0.333. The van der Waals surface area contributed by atoms with Gasteiger partial charge in [-0.3, -0.25) is 0 Å². The second kappa shape index (κ2) is 5.76. The molecule has 1 aliphatic carbocycles. The van der Waals surface area contributed by atoms with Crippen LogP contribution in [0.5, 0.6) is 0 Å². The van der Waals surface area contributed by atoms with E-state index in [0.29, 0.717) is 17.8 Å². The van der Waals surface area contributed by atoms with Crippen LogP contribution < -0.4 is 5.32 Å². The third-order valence-electron chi connectivity index (χ3n) is 4.31. The minimum absolute atomic E-state index is 0.160. The summed E-state index contributed by atoms with van der Waals surface area (Å²) >= 11 is 0. The van der Waals surface area contributed by atoms with Gasteiger partial charge in [0.15, 0.2) is 0 Å². The minimum Gasteiger partial charge on any atom is -0.319 e. The van der Waals surface area contributed by atoms with Crippen LogP contribution in [0, 0.1) is 11.7 Å². The Morgan fingerprint density at radius 1 is 1.10 bits per heavy atom. The monoisotopic (exact) mass is 269 g/mol. The average molecular weight is 269 g/mol. The van der Waals surface area contributed by atoms with Gasteiger partial charge in [-0.2, -0.15) is 0 Å². The van der Waals surface area contributed by atoms with Crippen molar-refractivity contribution in [2.24, 2.45) is 5.92 Å². The molecular formula is C18H20FN. The third kappa shape index (κ3) is 2.75. The molecule has 1 aliphatic rings. The molecule has 1 fully saturated rings. The second-order valence-electron chi connectivity index (χ2n) is 5.63. The van der Waals surface area contributed by atoms with Crippen molar-refractivity contribution in [2.75, 3.05) is 13.6 Å². The molecule has 1 N–H and O–H groups in total. The highest BCUT2D eigenvalue weighted by atomic mass is 19.1. The molecule has 1 saturated carbocycles. The van der Waals surface area contributed by atoms with Gasteiger partial charge in [0.05, 0.1) is 0 Å². The number of likely N-dealkylation sites (N-methyl/N-ethyl adjacent to an activating group) is 1. The molecule has 0 bridgehead atoms. The average Bonchev–Trinajstić information content (AvgIpc) is 3.27. The molecular weight excluding hydrogens is 249 g/mol. The summed E-state index contributed by atoms with van der Waals surface area (Å²) < 4.78 is 13.1. The van der Waals surface area contributed by atoms with E-state index in [4.69, 9.17) is 0 Å². The number of benzene rings is 2. The molecule has 2 aromatic rings. The lowest BCUT2D eigenvalue weighted by atomic mass is 9.91. The molecule has 0 heterocycles. The highest BCUT2D eigenvalue weighted by molar-refractivity contribution is 5.31. The Morgan fingerprint density at radius 3 is 2.45 bits per heavy atom. The van der Waals surface area contributed by atoms with Gasteiger partial charge in [0.25, 0.3) is 0 Å². The topological polar surface area (TPSA) is 12.0 Å². The van der Waals surface area contributed by atoms with Crippen molar-refractivity contribution in [2.45, 2.75) is 18.3 Å². The molecule has 0 radical (unpaired) electrons. The van der Waals surface area contributed by atoms with E-state index in [-0.39, 0.29) is 5.82 Å². The van der Waals surface area contributed by atoms with E-state index < -0.39 is 0 Å². The van der Waals surface area contributed by atoms with Crippen LogP contribution in [0.3, 0.4) is 0 Å². The molecule has 3 unspecified atom stereocenters. The van der Waals surface area contributed by atoms with Crippen LogP contribution in [-0.2, 0) is 0 Å². The predicted molar refractivity (Wildman–Crippen MR) is 80.4 cm³/mol. The SMILES string of the molecule is CNCC(c1ccc(F)cc1)C1CC1c1ccccc1. The maximum atomic E-state index is 13.1. The fourth-order valence-electron chi connectivity index (χ4n) is 3.19. The maximum Gasteiger partial charge on any atom is 0.123 e. The summed E-state index contributed by atoms with van der Waals surface area (Å²) in [5.74, 6) is 1.62. The van der Waals surface area contributed by atoms with Crippen molar-refractivity contribution < 1.29 is 4.39 Å². The lowest BCUT2D eigenvalue weighted by Crippen LogP contribution is -2.19. The van der Waals surface area contributed by atoms with E-state index in [2.05, 4.69) is 35.6 Å². The lowest BCUT2D eigenvalue weighted by molar-refractivity contribution is 0.552. The fourth-order valence-corrected chi connectivity index (χ4v) is 3.19. The number of rotatable bonds is 5. The van der Waals surface area contributed by atoms with Crippen LogP contribution in [0.15, 0.2) is 54.6 Å². The summed E-state index contributed by atoms with van der Waals surface area (Å²) in [6, 6.07) is 17.7. The van der Waals surface area contributed by atoms with Gasteiger partial charge in [0, 0.05) is 6.54 Å². The van der Waals surface area contributed by atoms with Crippen molar-refractivity contribution in [3.8, 4) is 0 Å². The molecule has 3 atom stereocenters. The van der Waals surface area contributed by atoms with Crippen molar-refractivity contribution >= 4 is 0 Å². The number of hydrogen-bond donors (Lipinski definition) is 1. The van der Waals surface area contributed by atoms with E-state index in [1.807, 2.05) is 19.2 Å². The van der Waals surface area contributed by atoms with Crippen LogP contribution in [-0.4, -0.2) is 13.6 Å². The Morgan fingerprint density at radius 2 is 1.80 bits per heavy atom. The van der Waals surface area contributed by atoms with Crippen molar-refractivity contribution in [3.05, 3.63) is 71.5 Å². The highest BCUT2D eigenvalue weighted by Gasteiger charge is 2.43. The molecule has 0 aromatic heterocycles. The molecule has 1 nitrogen and oxygen atoms in total. The first-order valence-electron chi connectivity index (χ1n) is 7.24. The number of halogens is 1. The van der Waals surface area contributed by atoms with Gasteiger partial charge in [0.1, 0.15) is 5.82 Å². The van der Waals surface area contributed by atoms with Gasteiger partial charge >= 0.3 is 0 Å². The van der Waals surface area contributed by atoms with Crippen molar-refractivity contribution in [1.29, 1.82) is 0 Å². The van der Waals surface area contributed by atoms with Crippen LogP contribution >= 0.6 is 0 Å². The Kier molecular flexibility index (Phi) is 3.83. The Hall–Kier alpha value is -1.67. The summed E-state index contributed by atoms with van der Waals surface area (Å²) in [4.78, 5) is 0. The Bertz CT molecular complexity index is 549. The second-order valence-corrected chi connectivity index (χ2v) is 5.63. The summed E-state index contributed by atoms with van der Waals surface area (Å²) in [5, 5.41) is 3.28. The van der Waals surface area contributed by atoms with Crippen LogP contribution in [0.1, 0.15) is 29.4 Å². The van der Waals surface area contributed by atoms with Gasteiger partial charge < -0.3 is 5.32 Å². The van der Waals surface area contributed by atoms with E-state index in [0.717, 1.165) is 6.54 Å². The number of hydrogen-bond acceptors (Lipinski definition) is 1. The maximum absolute atomic E-state index is 13.1. The van der Waals surface area contributed by atoms with Gasteiger partial charge in [-0.1, -0.05) is 42.5 Å². The first kappa shape index (κ1) is 13.3. The Balaban J connectivity index is 1.78. The van der Waals surface area contributed by atoms with E-state index in [1.54, 1.807) is 12.1 Å². The van der Waals surface area contributed by atoms with E-state index in [1.165, 1.54) is 17.5 Å². The van der Waals surface area contributed by atoms with Crippen LogP contribution in [0.2, 0.25) is 0 Å². The van der Waals surface area contributed by atoms with Crippen LogP contribution in [0.4, 0.5) is 4.39 Å². The van der Waals surface area contributed by atoms with Crippen LogP contribution in [0.25, 0.3) is 0 Å². The molecule has 2 heteroatoms. The molecule has 3 rings (SSSR count). The molecule has 0 spiro atoms. The zero-order chi connectivity index (χ0) is 13.9. The zero-order valence-corrected chi connectivity index (χ0v) is 11.7. The van der Waals surface area contributed by atoms with Gasteiger partial charge in [-0.25, -0.2) is 4.39 Å². The summed E-state index contributed by atoms with van der Waals surface area (Å²) in [5.41, 5.74) is 2.67. The molecule has 2 aromatic carbocycles. The highest BCUT2D eigenvalue weighted by Crippen LogP contribution is 2.54. The normalized spacial score (nSPS) is 22.5. The summed E-state index contributed by atoms with van der Waals surface area (Å²) in [6.45, 7) is 0.944. The summed E-state index contributed by atoms with van der Waals surface area (Å²) in [7, 11) is 1.98. The van der Waals surface area contributed by atoms with E-state index >= 15 is 0 Å². The van der Waals surface area contributed by atoms with Gasteiger partial charge in [-0.15, -0.1) is 0 Å². The molecule has 20 heavy (non-hydrogen) atoms. The summed E-state index contributed by atoms with van der Waals surface area (Å²) in [6.07, 6.45) is 1.23. The first-order valence-corrected chi connectivity index (χ1v) is 7.24. The smallest absolute Gasteiger partial charge is 0.123 e. The largest absolute Gasteiger partial charge is 0.319 e. The predicted octanol–water partition coefficient (Wildman–Crippen LogP) is 3.93. The molecule has 104 valence electrons. The third-order valence-corrected chi connectivity index (χ3v) is 4.31. The van der Waals surface area contributed by atoms with E-state index in [9.17, 15) is 4.39 Å². The quantitative estimate of drug-likeness (QED) is 0.867. The number of nitrogens with one attached hydrogen (secondary N) is 1. The lowest BCUT2D eigenvalue weighted by Gasteiger charge is -2.17. The van der Waals surface area contributed by atoms with Gasteiger partial charge in [-0.05, 0) is 54.5 Å². The molecule has 0 aliphatic heterocycles. The standard InChI is InChI=1S/C18H20FN/c1-20-12-18(14-7-9-15(19)10-8-14)17-11-16(17)13-5-3-2-4-6-13/h2-10,16-18,20H,11-12H2,1H3. The van der Waals surface area contributed by atoms with Gasteiger partial charge in [0.2, 0.25) is 0 Å². The van der Waals surface area contributed by atoms with Crippen molar-refractivity contribution in [3.63, 3.8) is 0 Å². The minimum atomic E-state index is -0.160. The van der Waals surface area contributed by atoms with Crippen molar-refractivity contribution in [1.82, 2.24) is 5.32 Å². The zero-order valence-electron chi connectivity index (χ0n) is 11.7. The Labute approximate surface area is 119 Å². The molecule has 0 saturated heterocycles. The molecule has 0 amide bonds. The first-order chi connectivity index (χ1) is 9.79.